The zero-order chi connectivity index (χ0) is 14.2. The van der Waals surface area contributed by atoms with E-state index in [-0.39, 0.29) is 5.54 Å². The monoisotopic (exact) mass is 269 g/mol. The highest BCUT2D eigenvalue weighted by Gasteiger charge is 2.33. The summed E-state index contributed by atoms with van der Waals surface area (Å²) in [5.41, 5.74) is 9.80. The van der Waals surface area contributed by atoms with Gasteiger partial charge in [-0.15, -0.1) is 0 Å². The number of imidazole rings is 1. The molecule has 106 valence electrons. The van der Waals surface area contributed by atoms with E-state index in [1.54, 1.807) is 0 Å². The number of H-pyrrole nitrogens is 1. The lowest BCUT2D eigenvalue weighted by atomic mass is 9.98. The zero-order valence-corrected chi connectivity index (χ0v) is 12.3. The van der Waals surface area contributed by atoms with Gasteiger partial charge in [-0.2, -0.15) is 0 Å². The molecule has 1 aromatic heterocycles. The highest BCUT2D eigenvalue weighted by molar-refractivity contribution is 5.59. The molecule has 0 spiro atoms. The quantitative estimate of drug-likeness (QED) is 0.887. The Labute approximate surface area is 120 Å². The SMILES string of the molecule is CC(C)c1ccc(-c2cnc(C3(N)CCCC3)[nH]2)cc1. The van der Waals surface area contributed by atoms with Crippen LogP contribution in [0.2, 0.25) is 0 Å². The number of hydrogen-bond acceptors (Lipinski definition) is 2. The summed E-state index contributed by atoms with van der Waals surface area (Å²) in [7, 11) is 0. The minimum absolute atomic E-state index is 0.240. The first-order valence-electron chi connectivity index (χ1n) is 7.53. The number of nitrogens with two attached hydrogens (primary N) is 1. The number of aromatic nitrogens is 2. The fourth-order valence-electron chi connectivity index (χ4n) is 3.01. The second-order valence-corrected chi connectivity index (χ2v) is 6.29. The van der Waals surface area contributed by atoms with E-state index in [9.17, 15) is 0 Å². The molecule has 3 N–H and O–H groups in total. The molecular weight excluding hydrogens is 246 g/mol. The third-order valence-corrected chi connectivity index (χ3v) is 4.43. The minimum atomic E-state index is -0.240. The molecule has 3 heteroatoms. The zero-order valence-electron chi connectivity index (χ0n) is 12.3. The normalized spacial score (nSPS) is 17.8. The van der Waals surface area contributed by atoms with Crippen LogP contribution in [0, 0.1) is 0 Å². The standard InChI is InChI=1S/C17H23N3/c1-12(2)13-5-7-14(8-6-13)15-11-19-16(20-15)17(18)9-3-4-10-17/h5-8,11-12H,3-4,9-10,18H2,1-2H3,(H,19,20). The molecule has 20 heavy (non-hydrogen) atoms. The van der Waals surface area contributed by atoms with Gasteiger partial charge in [0.1, 0.15) is 5.82 Å². The lowest BCUT2D eigenvalue weighted by Crippen LogP contribution is -2.34. The molecule has 1 aliphatic carbocycles. The first kappa shape index (κ1) is 13.4. The summed E-state index contributed by atoms with van der Waals surface area (Å²) in [6, 6.07) is 8.69. The Bertz CT molecular complexity index is 575. The molecule has 2 aromatic rings. The summed E-state index contributed by atoms with van der Waals surface area (Å²) in [6.07, 6.45) is 6.39. The van der Waals surface area contributed by atoms with Crippen molar-refractivity contribution in [1.82, 2.24) is 9.97 Å². The van der Waals surface area contributed by atoms with Crippen molar-refractivity contribution in [3.63, 3.8) is 0 Å². The largest absolute Gasteiger partial charge is 0.340 e. The van der Waals surface area contributed by atoms with E-state index in [4.69, 9.17) is 5.73 Å². The Morgan fingerprint density at radius 2 is 1.80 bits per heavy atom. The van der Waals surface area contributed by atoms with Crippen LogP contribution in [0.1, 0.15) is 56.8 Å². The smallest absolute Gasteiger partial charge is 0.126 e. The molecule has 1 aromatic carbocycles. The Morgan fingerprint density at radius 1 is 1.15 bits per heavy atom. The lowest BCUT2D eigenvalue weighted by Gasteiger charge is -2.20. The van der Waals surface area contributed by atoms with E-state index in [0.29, 0.717) is 5.92 Å². The average molecular weight is 269 g/mol. The van der Waals surface area contributed by atoms with Crippen molar-refractivity contribution in [1.29, 1.82) is 0 Å². The van der Waals surface area contributed by atoms with E-state index in [0.717, 1.165) is 24.4 Å². The van der Waals surface area contributed by atoms with Crippen LogP contribution in [0.3, 0.4) is 0 Å². The maximum atomic E-state index is 6.44. The minimum Gasteiger partial charge on any atom is -0.340 e. The van der Waals surface area contributed by atoms with Crippen molar-refractivity contribution in [3.05, 3.63) is 41.9 Å². The summed E-state index contributed by atoms with van der Waals surface area (Å²) in [5.74, 6) is 1.50. The summed E-state index contributed by atoms with van der Waals surface area (Å²) in [5, 5.41) is 0. The second-order valence-electron chi connectivity index (χ2n) is 6.29. The van der Waals surface area contributed by atoms with Gasteiger partial charge in [-0.25, -0.2) is 4.98 Å². The van der Waals surface area contributed by atoms with Gasteiger partial charge in [-0.05, 0) is 29.9 Å². The number of aromatic amines is 1. The van der Waals surface area contributed by atoms with E-state index >= 15 is 0 Å². The number of nitrogens with one attached hydrogen (secondary N) is 1. The maximum Gasteiger partial charge on any atom is 0.126 e. The molecule has 3 nitrogen and oxygen atoms in total. The summed E-state index contributed by atoms with van der Waals surface area (Å²) >= 11 is 0. The van der Waals surface area contributed by atoms with Crippen LogP contribution in [0.4, 0.5) is 0 Å². The van der Waals surface area contributed by atoms with Gasteiger partial charge < -0.3 is 10.7 Å². The van der Waals surface area contributed by atoms with Crippen molar-refractivity contribution < 1.29 is 0 Å². The van der Waals surface area contributed by atoms with Gasteiger partial charge in [0.2, 0.25) is 0 Å². The lowest BCUT2D eigenvalue weighted by molar-refractivity contribution is 0.436. The van der Waals surface area contributed by atoms with Crippen LogP contribution in [0.5, 0.6) is 0 Å². The van der Waals surface area contributed by atoms with Crippen LogP contribution in [-0.4, -0.2) is 9.97 Å². The summed E-state index contributed by atoms with van der Waals surface area (Å²) < 4.78 is 0. The number of benzene rings is 1. The highest BCUT2D eigenvalue weighted by Crippen LogP contribution is 2.35. The van der Waals surface area contributed by atoms with Gasteiger partial charge in [-0.3, -0.25) is 0 Å². The molecule has 0 aliphatic heterocycles. The number of nitrogens with zero attached hydrogens (tertiary/aromatic N) is 1. The van der Waals surface area contributed by atoms with Crippen molar-refractivity contribution >= 4 is 0 Å². The Balaban J connectivity index is 1.86. The highest BCUT2D eigenvalue weighted by atomic mass is 15.0. The molecule has 0 unspecified atom stereocenters. The summed E-state index contributed by atoms with van der Waals surface area (Å²) in [6.45, 7) is 4.42. The molecular formula is C17H23N3. The van der Waals surface area contributed by atoms with Crippen LogP contribution in [-0.2, 0) is 5.54 Å². The van der Waals surface area contributed by atoms with E-state index in [2.05, 4.69) is 48.1 Å². The molecule has 1 saturated carbocycles. The van der Waals surface area contributed by atoms with Gasteiger partial charge in [0.15, 0.2) is 0 Å². The average Bonchev–Trinajstić information content (AvgIpc) is 3.08. The van der Waals surface area contributed by atoms with Gasteiger partial charge in [-0.1, -0.05) is 51.0 Å². The first-order chi connectivity index (χ1) is 9.58. The topological polar surface area (TPSA) is 54.7 Å². The molecule has 0 radical (unpaired) electrons. The third-order valence-electron chi connectivity index (χ3n) is 4.43. The Hall–Kier alpha value is -1.61. The van der Waals surface area contributed by atoms with Crippen LogP contribution >= 0.6 is 0 Å². The van der Waals surface area contributed by atoms with Gasteiger partial charge in [0, 0.05) is 0 Å². The number of hydrogen-bond donors (Lipinski definition) is 2. The molecule has 0 bridgehead atoms. The molecule has 3 rings (SSSR count). The predicted octanol–water partition coefficient (Wildman–Crippen LogP) is 3.93. The first-order valence-corrected chi connectivity index (χ1v) is 7.53. The van der Waals surface area contributed by atoms with Crippen LogP contribution < -0.4 is 5.73 Å². The van der Waals surface area contributed by atoms with Gasteiger partial charge in [0.05, 0.1) is 17.4 Å². The van der Waals surface area contributed by atoms with Crippen LogP contribution in [0.15, 0.2) is 30.5 Å². The number of rotatable bonds is 3. The van der Waals surface area contributed by atoms with E-state index in [1.165, 1.54) is 24.0 Å². The Morgan fingerprint density at radius 3 is 2.40 bits per heavy atom. The van der Waals surface area contributed by atoms with Gasteiger partial charge >= 0.3 is 0 Å². The fourth-order valence-corrected chi connectivity index (χ4v) is 3.01. The molecule has 0 amide bonds. The van der Waals surface area contributed by atoms with Crippen molar-refractivity contribution in [3.8, 4) is 11.3 Å². The molecule has 1 aliphatic rings. The summed E-state index contributed by atoms with van der Waals surface area (Å²) in [4.78, 5) is 7.95. The van der Waals surface area contributed by atoms with Gasteiger partial charge in [0.25, 0.3) is 0 Å². The van der Waals surface area contributed by atoms with Crippen molar-refractivity contribution in [2.75, 3.05) is 0 Å². The molecule has 1 fully saturated rings. The molecule has 0 atom stereocenters. The predicted molar refractivity (Wildman–Crippen MR) is 82.4 cm³/mol. The van der Waals surface area contributed by atoms with Crippen molar-refractivity contribution in [2.24, 2.45) is 5.73 Å². The molecule has 0 saturated heterocycles. The second kappa shape index (κ2) is 5.06. The van der Waals surface area contributed by atoms with Crippen LogP contribution in [0.25, 0.3) is 11.3 Å². The van der Waals surface area contributed by atoms with E-state index in [1.807, 2.05) is 6.20 Å². The third kappa shape index (κ3) is 2.38. The molecule has 1 heterocycles. The van der Waals surface area contributed by atoms with Crippen molar-refractivity contribution in [2.45, 2.75) is 51.0 Å². The maximum absolute atomic E-state index is 6.44. The Kier molecular flexibility index (Phi) is 3.38. The fraction of sp³-hybridized carbons (Fsp3) is 0.471. The van der Waals surface area contributed by atoms with E-state index < -0.39 is 0 Å².